The number of carbonyl (C=O) groups is 1. The Balaban J connectivity index is 2.69. The maximum absolute atomic E-state index is 13.7. The smallest absolute Gasteiger partial charge is 0.356 e. The number of benzene rings is 1. The number of carboxylic acids is 1. The van der Waals surface area contributed by atoms with Gasteiger partial charge in [0.1, 0.15) is 5.82 Å². The van der Waals surface area contributed by atoms with Crippen molar-refractivity contribution in [2.24, 2.45) is 7.05 Å². The third kappa shape index (κ3) is 1.80. The van der Waals surface area contributed by atoms with Crippen molar-refractivity contribution in [2.45, 2.75) is 6.92 Å². The molecule has 0 amide bonds. The molecular formula is C12H11FN2O2. The van der Waals surface area contributed by atoms with E-state index in [1.165, 1.54) is 10.7 Å². The zero-order chi connectivity index (χ0) is 12.6. The predicted molar refractivity (Wildman–Crippen MR) is 60.3 cm³/mol. The van der Waals surface area contributed by atoms with Gasteiger partial charge in [-0.2, -0.15) is 5.10 Å². The van der Waals surface area contributed by atoms with E-state index in [2.05, 4.69) is 5.10 Å². The standard InChI is InChI=1S/C12H11FN2O2/c1-7-10(12(16)17)14-15(2)11(7)8-5-3-4-6-9(8)13/h3-6H,1-2H3,(H,16,17). The Kier molecular flexibility index (Phi) is 2.67. The highest BCUT2D eigenvalue weighted by Gasteiger charge is 2.20. The van der Waals surface area contributed by atoms with Crippen molar-refractivity contribution in [1.82, 2.24) is 9.78 Å². The van der Waals surface area contributed by atoms with Crippen LogP contribution in [-0.2, 0) is 7.05 Å². The number of aromatic nitrogens is 2. The summed E-state index contributed by atoms with van der Waals surface area (Å²) in [6, 6.07) is 6.22. The highest BCUT2D eigenvalue weighted by Crippen LogP contribution is 2.27. The van der Waals surface area contributed by atoms with E-state index in [1.54, 1.807) is 32.2 Å². The number of aromatic carboxylic acids is 1. The third-order valence-electron chi connectivity index (χ3n) is 2.62. The van der Waals surface area contributed by atoms with Crippen LogP contribution >= 0.6 is 0 Å². The fraction of sp³-hybridized carbons (Fsp3) is 0.167. The van der Waals surface area contributed by atoms with Crippen molar-refractivity contribution in [3.05, 3.63) is 41.3 Å². The van der Waals surface area contributed by atoms with Gasteiger partial charge in [0, 0.05) is 18.2 Å². The van der Waals surface area contributed by atoms with Crippen LogP contribution < -0.4 is 0 Å². The molecule has 0 aliphatic carbocycles. The van der Waals surface area contributed by atoms with Gasteiger partial charge in [-0.3, -0.25) is 4.68 Å². The van der Waals surface area contributed by atoms with Crippen LogP contribution in [0.25, 0.3) is 11.3 Å². The topological polar surface area (TPSA) is 55.1 Å². The Labute approximate surface area is 97.3 Å². The molecule has 0 saturated carbocycles. The van der Waals surface area contributed by atoms with E-state index in [-0.39, 0.29) is 5.69 Å². The number of carboxylic acid groups (broad SMARTS) is 1. The summed E-state index contributed by atoms with van der Waals surface area (Å²) in [5.74, 6) is -1.50. The first-order valence-corrected chi connectivity index (χ1v) is 5.04. The first kappa shape index (κ1) is 11.3. The van der Waals surface area contributed by atoms with Gasteiger partial charge >= 0.3 is 5.97 Å². The lowest BCUT2D eigenvalue weighted by Crippen LogP contribution is -2.00. The number of rotatable bonds is 2. The quantitative estimate of drug-likeness (QED) is 0.866. The molecule has 1 heterocycles. The van der Waals surface area contributed by atoms with Gasteiger partial charge in [0.2, 0.25) is 0 Å². The van der Waals surface area contributed by atoms with E-state index in [9.17, 15) is 9.18 Å². The second kappa shape index (κ2) is 4.01. The number of hydrogen-bond acceptors (Lipinski definition) is 2. The Bertz CT molecular complexity index is 590. The molecule has 0 atom stereocenters. The lowest BCUT2D eigenvalue weighted by molar-refractivity contribution is 0.0689. The molecule has 0 aliphatic heterocycles. The first-order valence-electron chi connectivity index (χ1n) is 5.04. The van der Waals surface area contributed by atoms with Gasteiger partial charge < -0.3 is 5.11 Å². The monoisotopic (exact) mass is 234 g/mol. The van der Waals surface area contributed by atoms with Crippen molar-refractivity contribution in [2.75, 3.05) is 0 Å². The average Bonchev–Trinajstić information content (AvgIpc) is 2.56. The Morgan fingerprint density at radius 2 is 2.06 bits per heavy atom. The molecule has 2 aromatic rings. The largest absolute Gasteiger partial charge is 0.476 e. The normalized spacial score (nSPS) is 10.5. The number of aryl methyl sites for hydroxylation is 1. The average molecular weight is 234 g/mol. The van der Waals surface area contributed by atoms with Gasteiger partial charge in [0.05, 0.1) is 5.69 Å². The van der Waals surface area contributed by atoms with E-state index in [1.807, 2.05) is 0 Å². The second-order valence-electron chi connectivity index (χ2n) is 3.73. The van der Waals surface area contributed by atoms with E-state index >= 15 is 0 Å². The minimum atomic E-state index is -1.11. The van der Waals surface area contributed by atoms with Crippen molar-refractivity contribution in [3.63, 3.8) is 0 Å². The van der Waals surface area contributed by atoms with Crippen molar-refractivity contribution in [3.8, 4) is 11.3 Å². The number of nitrogens with zero attached hydrogens (tertiary/aromatic N) is 2. The van der Waals surface area contributed by atoms with Crippen LogP contribution in [-0.4, -0.2) is 20.9 Å². The Hall–Kier alpha value is -2.17. The van der Waals surface area contributed by atoms with Crippen molar-refractivity contribution >= 4 is 5.97 Å². The molecular weight excluding hydrogens is 223 g/mol. The van der Waals surface area contributed by atoms with Gasteiger partial charge in [0.25, 0.3) is 0 Å². The maximum atomic E-state index is 13.7. The Morgan fingerprint density at radius 3 is 2.59 bits per heavy atom. The molecule has 0 aliphatic rings. The lowest BCUT2D eigenvalue weighted by atomic mass is 10.1. The summed E-state index contributed by atoms with van der Waals surface area (Å²) in [5.41, 5.74) is 1.25. The SMILES string of the molecule is Cc1c(C(=O)O)nn(C)c1-c1ccccc1F. The maximum Gasteiger partial charge on any atom is 0.356 e. The van der Waals surface area contributed by atoms with Crippen LogP contribution in [0, 0.1) is 12.7 Å². The van der Waals surface area contributed by atoms with Crippen LogP contribution in [0.1, 0.15) is 16.1 Å². The number of hydrogen-bond donors (Lipinski definition) is 1. The molecule has 1 aromatic carbocycles. The molecule has 0 saturated heterocycles. The number of halogens is 1. The molecule has 4 nitrogen and oxygen atoms in total. The highest BCUT2D eigenvalue weighted by atomic mass is 19.1. The molecule has 0 unspecified atom stereocenters. The molecule has 1 N–H and O–H groups in total. The van der Waals surface area contributed by atoms with Crippen LogP contribution in [0.2, 0.25) is 0 Å². The summed E-state index contributed by atoms with van der Waals surface area (Å²) < 4.78 is 15.0. The van der Waals surface area contributed by atoms with Gasteiger partial charge in [-0.1, -0.05) is 12.1 Å². The van der Waals surface area contributed by atoms with Crippen molar-refractivity contribution in [1.29, 1.82) is 0 Å². The minimum Gasteiger partial charge on any atom is -0.476 e. The molecule has 0 spiro atoms. The summed E-state index contributed by atoms with van der Waals surface area (Å²) in [6.45, 7) is 1.62. The zero-order valence-corrected chi connectivity index (χ0v) is 9.44. The first-order chi connectivity index (χ1) is 8.02. The van der Waals surface area contributed by atoms with Gasteiger partial charge in [-0.25, -0.2) is 9.18 Å². The molecule has 17 heavy (non-hydrogen) atoms. The fourth-order valence-corrected chi connectivity index (χ4v) is 1.86. The summed E-state index contributed by atoms with van der Waals surface area (Å²) in [4.78, 5) is 10.9. The van der Waals surface area contributed by atoms with E-state index < -0.39 is 11.8 Å². The summed E-state index contributed by atoms with van der Waals surface area (Å²) in [6.07, 6.45) is 0. The summed E-state index contributed by atoms with van der Waals surface area (Å²) in [5, 5.41) is 12.8. The molecule has 0 fully saturated rings. The fourth-order valence-electron chi connectivity index (χ4n) is 1.86. The molecule has 5 heteroatoms. The van der Waals surface area contributed by atoms with Crippen LogP contribution in [0.3, 0.4) is 0 Å². The zero-order valence-electron chi connectivity index (χ0n) is 9.44. The second-order valence-corrected chi connectivity index (χ2v) is 3.73. The van der Waals surface area contributed by atoms with Gasteiger partial charge in [-0.05, 0) is 19.1 Å². The van der Waals surface area contributed by atoms with Gasteiger partial charge in [-0.15, -0.1) is 0 Å². The third-order valence-corrected chi connectivity index (χ3v) is 2.62. The van der Waals surface area contributed by atoms with E-state index in [4.69, 9.17) is 5.11 Å². The van der Waals surface area contributed by atoms with E-state index in [0.717, 1.165) is 0 Å². The molecule has 88 valence electrons. The summed E-state index contributed by atoms with van der Waals surface area (Å²) in [7, 11) is 1.60. The van der Waals surface area contributed by atoms with Crippen LogP contribution in [0.4, 0.5) is 4.39 Å². The minimum absolute atomic E-state index is 0.0502. The van der Waals surface area contributed by atoms with Crippen LogP contribution in [0.15, 0.2) is 24.3 Å². The molecule has 0 bridgehead atoms. The molecule has 1 aromatic heterocycles. The lowest BCUT2D eigenvalue weighted by Gasteiger charge is -2.04. The van der Waals surface area contributed by atoms with Crippen LogP contribution in [0.5, 0.6) is 0 Å². The summed E-state index contributed by atoms with van der Waals surface area (Å²) >= 11 is 0. The Morgan fingerprint density at radius 1 is 1.41 bits per heavy atom. The molecule has 0 radical (unpaired) electrons. The van der Waals surface area contributed by atoms with E-state index in [0.29, 0.717) is 16.8 Å². The van der Waals surface area contributed by atoms with Gasteiger partial charge in [0.15, 0.2) is 5.69 Å². The molecule has 2 rings (SSSR count). The highest BCUT2D eigenvalue weighted by molar-refractivity contribution is 5.89. The van der Waals surface area contributed by atoms with Crippen molar-refractivity contribution < 1.29 is 14.3 Å². The predicted octanol–water partition coefficient (Wildman–Crippen LogP) is 2.23.